The number of hydrogen-bond donors (Lipinski definition) is 2. The van der Waals surface area contributed by atoms with Crippen molar-refractivity contribution >= 4 is 28.9 Å². The molecule has 3 nitrogen and oxygen atoms in total. The Hall–Kier alpha value is -0.480. The van der Waals surface area contributed by atoms with E-state index in [0.29, 0.717) is 27.9 Å². The van der Waals surface area contributed by atoms with Gasteiger partial charge in [0.25, 0.3) is 0 Å². The Morgan fingerprint density at radius 2 is 1.95 bits per heavy atom. The van der Waals surface area contributed by atoms with Gasteiger partial charge in [-0.1, -0.05) is 37.0 Å². The van der Waals surface area contributed by atoms with Crippen molar-refractivity contribution in [2.24, 2.45) is 5.41 Å². The monoisotopic (exact) mass is 302 g/mol. The van der Waals surface area contributed by atoms with Crippen LogP contribution in [0.5, 0.6) is 0 Å². The molecular weight excluding hydrogens is 283 g/mol. The molecule has 0 radical (unpaired) electrons. The lowest BCUT2D eigenvalue weighted by molar-refractivity contribution is -0.0979. The molecule has 0 bridgehead atoms. The first kappa shape index (κ1) is 14.9. The Balaban J connectivity index is 1.97. The number of benzene rings is 1. The number of nitrogens with two attached hydrogens (primary N) is 1. The fourth-order valence-electron chi connectivity index (χ4n) is 2.61. The van der Waals surface area contributed by atoms with Crippen molar-refractivity contribution in [2.45, 2.75) is 39.0 Å². The zero-order valence-corrected chi connectivity index (χ0v) is 13.0. The molecule has 1 aliphatic carbocycles. The molecule has 1 aromatic rings. The van der Waals surface area contributed by atoms with Crippen molar-refractivity contribution in [3.05, 3.63) is 27.7 Å². The van der Waals surface area contributed by atoms with E-state index in [1.165, 1.54) is 0 Å². The SMILES string of the molecule is COC1CC(NCc2cc(Cl)c(N)c(Cl)c2)C1(C)C. The molecule has 0 heterocycles. The van der Waals surface area contributed by atoms with Crippen molar-refractivity contribution in [2.75, 3.05) is 12.8 Å². The van der Waals surface area contributed by atoms with E-state index in [1.54, 1.807) is 7.11 Å². The predicted molar refractivity (Wildman–Crippen MR) is 80.7 cm³/mol. The van der Waals surface area contributed by atoms with Gasteiger partial charge in [-0.15, -0.1) is 0 Å². The molecule has 2 unspecified atom stereocenters. The van der Waals surface area contributed by atoms with Crippen molar-refractivity contribution < 1.29 is 4.74 Å². The lowest BCUT2D eigenvalue weighted by Gasteiger charge is -2.51. The summed E-state index contributed by atoms with van der Waals surface area (Å²) in [5, 5.41) is 4.54. The molecule has 1 aliphatic rings. The lowest BCUT2D eigenvalue weighted by atomic mass is 9.64. The van der Waals surface area contributed by atoms with E-state index >= 15 is 0 Å². The fourth-order valence-corrected chi connectivity index (χ4v) is 3.14. The molecule has 1 fully saturated rings. The minimum atomic E-state index is 0.149. The van der Waals surface area contributed by atoms with Gasteiger partial charge in [-0.3, -0.25) is 0 Å². The van der Waals surface area contributed by atoms with Crippen molar-refractivity contribution in [1.29, 1.82) is 0 Å². The molecule has 0 aromatic heterocycles. The predicted octanol–water partition coefficient (Wildman–Crippen LogP) is 3.48. The summed E-state index contributed by atoms with van der Waals surface area (Å²) in [6, 6.07) is 4.15. The first-order valence-electron chi connectivity index (χ1n) is 6.35. The summed E-state index contributed by atoms with van der Waals surface area (Å²) in [6.07, 6.45) is 1.35. The third-order valence-corrected chi connectivity index (χ3v) is 4.78. The standard InChI is InChI=1S/C14H20Cl2N2O/c1-14(2)11(6-12(14)19-3)18-7-8-4-9(15)13(17)10(16)5-8/h4-5,11-12,18H,6-7,17H2,1-3H3. The number of ether oxygens (including phenoxy) is 1. The van der Waals surface area contributed by atoms with Crippen LogP contribution in [-0.2, 0) is 11.3 Å². The van der Waals surface area contributed by atoms with Crippen molar-refractivity contribution in [3.8, 4) is 0 Å². The summed E-state index contributed by atoms with van der Waals surface area (Å²) >= 11 is 12.1. The summed E-state index contributed by atoms with van der Waals surface area (Å²) in [5.74, 6) is 0. The van der Waals surface area contributed by atoms with E-state index in [1.807, 2.05) is 12.1 Å². The van der Waals surface area contributed by atoms with Gasteiger partial charge in [0.05, 0.1) is 21.8 Å². The highest BCUT2D eigenvalue weighted by molar-refractivity contribution is 6.38. The normalized spacial score (nSPS) is 25.1. The summed E-state index contributed by atoms with van der Waals surface area (Å²) < 4.78 is 5.44. The maximum atomic E-state index is 6.03. The summed E-state index contributed by atoms with van der Waals surface area (Å²) in [7, 11) is 1.77. The maximum Gasteiger partial charge on any atom is 0.0693 e. The molecule has 1 aromatic carbocycles. The first-order chi connectivity index (χ1) is 8.86. The molecule has 0 saturated heterocycles. The van der Waals surface area contributed by atoms with Crippen LogP contribution < -0.4 is 11.1 Å². The van der Waals surface area contributed by atoms with Gasteiger partial charge in [0, 0.05) is 25.1 Å². The second kappa shape index (κ2) is 5.49. The number of nitrogens with one attached hydrogen (secondary N) is 1. The smallest absolute Gasteiger partial charge is 0.0693 e. The van der Waals surface area contributed by atoms with Gasteiger partial charge in [0.2, 0.25) is 0 Å². The zero-order chi connectivity index (χ0) is 14.2. The zero-order valence-electron chi connectivity index (χ0n) is 11.5. The number of hydrogen-bond acceptors (Lipinski definition) is 3. The van der Waals surface area contributed by atoms with Gasteiger partial charge >= 0.3 is 0 Å². The molecule has 0 spiro atoms. The second-order valence-corrected chi connectivity index (χ2v) is 6.50. The average Bonchev–Trinajstić information content (AvgIpc) is 2.34. The fraction of sp³-hybridized carbons (Fsp3) is 0.571. The largest absolute Gasteiger partial charge is 0.396 e. The molecule has 106 valence electrons. The summed E-state index contributed by atoms with van der Waals surface area (Å²) in [6.45, 7) is 5.15. The molecule has 2 rings (SSSR count). The Morgan fingerprint density at radius 3 is 2.42 bits per heavy atom. The molecule has 3 N–H and O–H groups in total. The van der Waals surface area contributed by atoms with Crippen LogP contribution in [0.2, 0.25) is 10.0 Å². The summed E-state index contributed by atoms with van der Waals surface area (Å²) in [4.78, 5) is 0. The second-order valence-electron chi connectivity index (χ2n) is 5.69. The van der Waals surface area contributed by atoms with Crippen LogP contribution in [0.4, 0.5) is 5.69 Å². The van der Waals surface area contributed by atoms with Crippen LogP contribution in [0.25, 0.3) is 0 Å². The molecule has 19 heavy (non-hydrogen) atoms. The van der Waals surface area contributed by atoms with E-state index < -0.39 is 0 Å². The molecule has 0 aliphatic heterocycles. The van der Waals surface area contributed by atoms with Crippen molar-refractivity contribution in [1.82, 2.24) is 5.32 Å². The minimum absolute atomic E-state index is 0.149. The topological polar surface area (TPSA) is 47.3 Å². The first-order valence-corrected chi connectivity index (χ1v) is 7.11. The Kier molecular flexibility index (Phi) is 4.31. The molecular formula is C14H20Cl2N2O. The van der Waals surface area contributed by atoms with Gasteiger partial charge in [0.15, 0.2) is 0 Å². The van der Waals surface area contributed by atoms with E-state index in [-0.39, 0.29) is 5.41 Å². The number of nitrogen functional groups attached to an aromatic ring is 1. The lowest BCUT2D eigenvalue weighted by Crippen LogP contribution is -2.60. The van der Waals surface area contributed by atoms with Crippen molar-refractivity contribution in [3.63, 3.8) is 0 Å². The van der Waals surface area contributed by atoms with Gasteiger partial charge in [-0.25, -0.2) is 0 Å². The molecule has 2 atom stereocenters. The third-order valence-electron chi connectivity index (χ3n) is 4.15. The van der Waals surface area contributed by atoms with E-state index in [2.05, 4.69) is 19.2 Å². The molecule has 0 amide bonds. The molecule has 5 heteroatoms. The van der Waals surface area contributed by atoms with Crippen LogP contribution in [0.15, 0.2) is 12.1 Å². The van der Waals surface area contributed by atoms with Crippen LogP contribution >= 0.6 is 23.2 Å². The quantitative estimate of drug-likeness (QED) is 0.837. The highest BCUT2D eigenvalue weighted by Crippen LogP contribution is 2.42. The third kappa shape index (κ3) is 2.84. The number of methoxy groups -OCH3 is 1. The highest BCUT2D eigenvalue weighted by Gasteiger charge is 2.48. The average molecular weight is 303 g/mol. The van der Waals surface area contributed by atoms with E-state index in [4.69, 9.17) is 33.7 Å². The van der Waals surface area contributed by atoms with Gasteiger partial charge in [-0.05, 0) is 24.1 Å². The van der Waals surface area contributed by atoms with E-state index in [0.717, 1.165) is 18.5 Å². The van der Waals surface area contributed by atoms with Gasteiger partial charge < -0.3 is 15.8 Å². The Morgan fingerprint density at radius 1 is 1.37 bits per heavy atom. The van der Waals surface area contributed by atoms with Crippen LogP contribution in [0, 0.1) is 5.41 Å². The number of halogens is 2. The summed E-state index contributed by atoms with van der Waals surface area (Å²) in [5.41, 5.74) is 7.35. The van der Waals surface area contributed by atoms with Gasteiger partial charge in [-0.2, -0.15) is 0 Å². The number of anilines is 1. The van der Waals surface area contributed by atoms with Gasteiger partial charge in [0.1, 0.15) is 0 Å². The Labute approximate surface area is 124 Å². The molecule has 1 saturated carbocycles. The maximum absolute atomic E-state index is 6.03. The number of rotatable bonds is 4. The Bertz CT molecular complexity index is 454. The van der Waals surface area contributed by atoms with Crippen LogP contribution in [0.1, 0.15) is 25.8 Å². The highest BCUT2D eigenvalue weighted by atomic mass is 35.5. The van der Waals surface area contributed by atoms with Crippen LogP contribution in [0.3, 0.4) is 0 Å². The minimum Gasteiger partial charge on any atom is -0.396 e. The van der Waals surface area contributed by atoms with E-state index in [9.17, 15) is 0 Å². The van der Waals surface area contributed by atoms with Crippen LogP contribution in [-0.4, -0.2) is 19.3 Å².